The smallest absolute Gasteiger partial charge is 0.306 e. The van der Waals surface area contributed by atoms with Gasteiger partial charge >= 0.3 is 11.9 Å². The zero-order chi connectivity index (χ0) is 62.6. The summed E-state index contributed by atoms with van der Waals surface area (Å²) in [6, 6.07) is 0. The highest BCUT2D eigenvalue weighted by Gasteiger charge is 2.22. The minimum absolute atomic E-state index is 0.0290. The fraction of sp³-hybridized carbons (Fsp3) is 0.842. The summed E-state index contributed by atoms with van der Waals surface area (Å²) >= 11 is 0. The predicted molar refractivity (Wildman–Crippen MR) is 370 cm³/mol. The summed E-state index contributed by atoms with van der Waals surface area (Å²) in [4.78, 5) is 38.1. The van der Waals surface area contributed by atoms with Gasteiger partial charge in [0, 0.05) is 12.8 Å². The fourth-order valence-corrected chi connectivity index (χ4v) is 11.6. The van der Waals surface area contributed by atoms with Crippen molar-refractivity contribution >= 4 is 19.8 Å². The van der Waals surface area contributed by atoms with E-state index in [0.717, 1.165) is 57.8 Å². The van der Waals surface area contributed by atoms with E-state index in [4.69, 9.17) is 18.5 Å². The van der Waals surface area contributed by atoms with Crippen molar-refractivity contribution in [1.82, 2.24) is 0 Å². The summed E-state index contributed by atoms with van der Waals surface area (Å²) in [5, 5.41) is 0. The quantitative estimate of drug-likeness (QED) is 0.0195. The molecule has 0 spiro atoms. The van der Waals surface area contributed by atoms with Crippen LogP contribution in [0.2, 0.25) is 0 Å². The number of nitrogens with zero attached hydrogens (tertiary/aromatic N) is 1. The summed E-state index contributed by atoms with van der Waals surface area (Å²) in [5.74, 6) is -0.813. The SMILES string of the molecule is CC/C=C\C/C=C\C/C=C\C/C=C\CCCCCCCCCCCCCCCCCCCCCCC(=O)OC(COC(=O)CCCCCCCCCCCCCCCCCCC/C=C\CCCCCCCCCC)COP(=O)([O-])OCC[N+](C)(C)C. The van der Waals surface area contributed by atoms with Crippen molar-refractivity contribution < 1.29 is 42.1 Å². The van der Waals surface area contributed by atoms with E-state index in [0.29, 0.717) is 17.4 Å². The third-order valence-corrected chi connectivity index (χ3v) is 17.5. The van der Waals surface area contributed by atoms with E-state index in [1.165, 1.54) is 270 Å². The van der Waals surface area contributed by atoms with Gasteiger partial charge in [-0.25, -0.2) is 0 Å². The predicted octanol–water partition coefficient (Wildman–Crippen LogP) is 23.5. The van der Waals surface area contributed by atoms with Gasteiger partial charge in [0.25, 0.3) is 7.82 Å². The van der Waals surface area contributed by atoms with Gasteiger partial charge in [-0.1, -0.05) is 331 Å². The van der Waals surface area contributed by atoms with E-state index in [1.54, 1.807) is 0 Å². The Balaban J connectivity index is 3.97. The van der Waals surface area contributed by atoms with Gasteiger partial charge in [-0.2, -0.15) is 0 Å². The number of unbranched alkanes of at least 4 members (excludes halogenated alkanes) is 45. The minimum atomic E-state index is -4.64. The minimum Gasteiger partial charge on any atom is -0.756 e. The molecule has 0 saturated heterocycles. The Morgan fingerprint density at radius 1 is 0.372 bits per heavy atom. The summed E-state index contributed by atoms with van der Waals surface area (Å²) in [6.07, 6.45) is 88.9. The van der Waals surface area contributed by atoms with Crippen LogP contribution in [0.3, 0.4) is 0 Å². The maximum Gasteiger partial charge on any atom is 0.306 e. The van der Waals surface area contributed by atoms with Crippen LogP contribution in [0.5, 0.6) is 0 Å². The van der Waals surface area contributed by atoms with Crippen molar-refractivity contribution in [2.45, 2.75) is 367 Å². The lowest BCUT2D eigenvalue weighted by Gasteiger charge is -2.28. The third kappa shape index (κ3) is 70.8. The van der Waals surface area contributed by atoms with Crippen LogP contribution in [0, 0.1) is 0 Å². The van der Waals surface area contributed by atoms with Gasteiger partial charge in [-0.15, -0.1) is 0 Å². The molecular formula is C76H142NO8P. The number of phosphoric ester groups is 1. The maximum atomic E-state index is 12.9. The molecule has 0 bridgehead atoms. The first-order valence-electron chi connectivity index (χ1n) is 37.0. The Labute approximate surface area is 534 Å². The number of allylic oxidation sites excluding steroid dienone is 10. The first-order chi connectivity index (χ1) is 42.0. The van der Waals surface area contributed by atoms with E-state index in [-0.39, 0.29) is 32.0 Å². The molecule has 0 radical (unpaired) electrons. The van der Waals surface area contributed by atoms with Crippen molar-refractivity contribution in [2.75, 3.05) is 47.5 Å². The zero-order valence-electron chi connectivity index (χ0n) is 57.5. The molecule has 0 amide bonds. The number of ether oxygens (including phenoxy) is 2. The lowest BCUT2D eigenvalue weighted by molar-refractivity contribution is -0.870. The van der Waals surface area contributed by atoms with Gasteiger partial charge in [0.05, 0.1) is 27.7 Å². The van der Waals surface area contributed by atoms with Gasteiger partial charge in [-0.05, 0) is 77.0 Å². The van der Waals surface area contributed by atoms with E-state index < -0.39 is 26.5 Å². The molecule has 0 rings (SSSR count). The van der Waals surface area contributed by atoms with Gasteiger partial charge in [0.1, 0.15) is 19.8 Å². The Kier molecular flexibility index (Phi) is 65.3. The number of quaternary nitrogens is 1. The van der Waals surface area contributed by atoms with Crippen LogP contribution in [-0.2, 0) is 32.7 Å². The number of esters is 2. The van der Waals surface area contributed by atoms with Crippen molar-refractivity contribution in [1.29, 1.82) is 0 Å². The van der Waals surface area contributed by atoms with Crippen LogP contribution in [0.15, 0.2) is 60.8 Å². The molecule has 2 atom stereocenters. The van der Waals surface area contributed by atoms with Crippen LogP contribution < -0.4 is 4.89 Å². The van der Waals surface area contributed by atoms with Crippen molar-refractivity contribution in [2.24, 2.45) is 0 Å². The average Bonchev–Trinajstić information content (AvgIpc) is 3.70. The van der Waals surface area contributed by atoms with Crippen molar-refractivity contribution in [3.05, 3.63) is 60.8 Å². The normalized spacial score (nSPS) is 13.4. The van der Waals surface area contributed by atoms with Gasteiger partial charge in [-0.3, -0.25) is 14.2 Å². The molecule has 9 nitrogen and oxygen atoms in total. The zero-order valence-corrected chi connectivity index (χ0v) is 58.4. The molecular weight excluding hydrogens is 1090 g/mol. The molecule has 86 heavy (non-hydrogen) atoms. The number of hydrogen-bond donors (Lipinski definition) is 0. The topological polar surface area (TPSA) is 111 Å². The number of hydrogen-bond acceptors (Lipinski definition) is 8. The van der Waals surface area contributed by atoms with Gasteiger partial charge < -0.3 is 27.9 Å². The van der Waals surface area contributed by atoms with Crippen LogP contribution in [-0.4, -0.2) is 70.0 Å². The highest BCUT2D eigenvalue weighted by molar-refractivity contribution is 7.45. The van der Waals surface area contributed by atoms with E-state index in [9.17, 15) is 19.0 Å². The second kappa shape index (κ2) is 67.1. The lowest BCUT2D eigenvalue weighted by atomic mass is 10.0. The van der Waals surface area contributed by atoms with Gasteiger partial charge in [0.15, 0.2) is 6.10 Å². The van der Waals surface area contributed by atoms with Crippen LogP contribution in [0.4, 0.5) is 0 Å². The van der Waals surface area contributed by atoms with Crippen molar-refractivity contribution in [3.8, 4) is 0 Å². The highest BCUT2D eigenvalue weighted by Crippen LogP contribution is 2.38. The second-order valence-corrected chi connectivity index (χ2v) is 27.7. The van der Waals surface area contributed by atoms with Crippen LogP contribution in [0.25, 0.3) is 0 Å². The van der Waals surface area contributed by atoms with E-state index in [1.807, 2.05) is 21.1 Å². The molecule has 0 aliphatic carbocycles. The Morgan fingerprint density at radius 3 is 1.00 bits per heavy atom. The van der Waals surface area contributed by atoms with E-state index >= 15 is 0 Å². The standard InChI is InChI=1S/C76H142NO8P/c1-6-8-10-12-14-16-18-20-22-24-26-28-30-32-34-36-37-38-39-41-43-45-47-49-51-53-55-57-59-61-63-65-67-69-76(79)85-74(73-84-86(80,81)83-71-70-77(3,4)5)72-82-75(78)68-66-64-62-60-58-56-54-52-50-48-46-44-42-40-35-33-31-29-27-25-23-21-19-17-15-13-11-9-7-2/h8,10,14,16,20,22,25-28,74H,6-7,9,11-13,15,17-19,21,23-24,29-73H2,1-5H3/b10-8-,16-14-,22-20-,27-25-,28-26-. The highest BCUT2D eigenvalue weighted by atomic mass is 31.2. The second-order valence-electron chi connectivity index (χ2n) is 26.3. The summed E-state index contributed by atoms with van der Waals surface area (Å²) in [6.45, 7) is 4.19. The molecule has 0 saturated carbocycles. The number of likely N-dealkylation sites (N-methyl/N-ethyl adjacent to an activating group) is 1. The first kappa shape index (κ1) is 83.7. The Bertz CT molecular complexity index is 1630. The summed E-state index contributed by atoms with van der Waals surface area (Å²) in [5.41, 5.74) is 0. The molecule has 504 valence electrons. The monoisotopic (exact) mass is 1230 g/mol. The molecule has 0 fully saturated rings. The third-order valence-electron chi connectivity index (χ3n) is 16.5. The summed E-state index contributed by atoms with van der Waals surface area (Å²) in [7, 11) is 1.18. The van der Waals surface area contributed by atoms with Crippen LogP contribution >= 0.6 is 7.82 Å². The molecule has 2 unspecified atom stereocenters. The first-order valence-corrected chi connectivity index (χ1v) is 38.5. The number of phosphoric acid groups is 1. The largest absolute Gasteiger partial charge is 0.756 e. The fourth-order valence-electron chi connectivity index (χ4n) is 10.9. The summed E-state index contributed by atoms with van der Waals surface area (Å²) < 4.78 is 34.4. The molecule has 0 aromatic carbocycles. The van der Waals surface area contributed by atoms with E-state index in [2.05, 4.69) is 74.6 Å². The molecule has 10 heteroatoms. The lowest BCUT2D eigenvalue weighted by Crippen LogP contribution is -2.37. The molecule has 0 N–H and O–H groups in total. The maximum absolute atomic E-state index is 12.9. The molecule has 0 aliphatic rings. The Hall–Kier alpha value is -2.29. The number of carbonyl (C=O) groups is 2. The van der Waals surface area contributed by atoms with Crippen LogP contribution in [0.1, 0.15) is 361 Å². The molecule has 0 heterocycles. The number of carbonyl (C=O) groups excluding carboxylic acids is 2. The molecule has 0 aromatic heterocycles. The molecule has 0 aromatic rings. The molecule has 0 aliphatic heterocycles. The van der Waals surface area contributed by atoms with Gasteiger partial charge in [0.2, 0.25) is 0 Å². The Morgan fingerprint density at radius 2 is 0.663 bits per heavy atom. The number of rotatable bonds is 69. The van der Waals surface area contributed by atoms with Crippen molar-refractivity contribution in [3.63, 3.8) is 0 Å². The average molecular weight is 1230 g/mol.